The minimum absolute atomic E-state index is 0.160. The van der Waals surface area contributed by atoms with Crippen molar-refractivity contribution < 1.29 is 4.79 Å². The van der Waals surface area contributed by atoms with Crippen molar-refractivity contribution in [2.45, 2.75) is 31.9 Å². The van der Waals surface area contributed by atoms with E-state index in [1.165, 1.54) is 31.5 Å². The van der Waals surface area contributed by atoms with Crippen LogP contribution < -0.4 is 5.32 Å². The van der Waals surface area contributed by atoms with Gasteiger partial charge in [0.2, 0.25) is 5.91 Å². The van der Waals surface area contributed by atoms with Crippen LogP contribution in [-0.2, 0) is 10.5 Å². The van der Waals surface area contributed by atoms with E-state index < -0.39 is 0 Å². The highest BCUT2D eigenvalue weighted by molar-refractivity contribution is 7.99. The van der Waals surface area contributed by atoms with E-state index >= 15 is 0 Å². The zero-order valence-corrected chi connectivity index (χ0v) is 14.4. The Hall–Kier alpha value is -1.00. The fourth-order valence-electron chi connectivity index (χ4n) is 2.70. The van der Waals surface area contributed by atoms with Gasteiger partial charge in [-0.1, -0.05) is 37.3 Å². The maximum absolute atomic E-state index is 11.8. The van der Waals surface area contributed by atoms with Crippen LogP contribution in [-0.4, -0.2) is 42.7 Å². The third-order valence-corrected chi connectivity index (χ3v) is 5.20. The molecule has 2 rings (SSSR count). The van der Waals surface area contributed by atoms with Crippen LogP contribution >= 0.6 is 11.8 Å². The van der Waals surface area contributed by atoms with Gasteiger partial charge < -0.3 is 10.2 Å². The molecule has 0 atom stereocenters. The molecule has 0 aromatic heterocycles. The van der Waals surface area contributed by atoms with Gasteiger partial charge in [-0.05, 0) is 50.4 Å². The third-order valence-electron chi connectivity index (χ3n) is 4.19. The number of amides is 1. The fourth-order valence-corrected chi connectivity index (χ4v) is 3.52. The molecule has 1 aromatic carbocycles. The zero-order valence-electron chi connectivity index (χ0n) is 13.6. The Kier molecular flexibility index (Phi) is 7.81. The van der Waals surface area contributed by atoms with Crippen molar-refractivity contribution in [3.63, 3.8) is 0 Å². The first-order valence-corrected chi connectivity index (χ1v) is 9.50. The van der Waals surface area contributed by atoms with Gasteiger partial charge in [0.1, 0.15) is 0 Å². The normalized spacial score (nSPS) is 16.6. The predicted molar refractivity (Wildman–Crippen MR) is 95.1 cm³/mol. The summed E-state index contributed by atoms with van der Waals surface area (Å²) in [4.78, 5) is 14.3. The summed E-state index contributed by atoms with van der Waals surface area (Å²) >= 11 is 1.68. The van der Waals surface area contributed by atoms with E-state index in [1.54, 1.807) is 11.8 Å². The maximum Gasteiger partial charge on any atom is 0.230 e. The maximum atomic E-state index is 11.8. The van der Waals surface area contributed by atoms with Gasteiger partial charge in [-0.3, -0.25) is 4.79 Å². The summed E-state index contributed by atoms with van der Waals surface area (Å²) in [6.45, 7) is 6.70. The van der Waals surface area contributed by atoms with Gasteiger partial charge in [0.15, 0.2) is 0 Å². The van der Waals surface area contributed by atoms with Crippen LogP contribution in [0, 0.1) is 5.92 Å². The summed E-state index contributed by atoms with van der Waals surface area (Å²) < 4.78 is 0. The number of hydrogen-bond donors (Lipinski definition) is 1. The fraction of sp³-hybridized carbons (Fsp3) is 0.611. The van der Waals surface area contributed by atoms with Crippen LogP contribution in [0.2, 0.25) is 0 Å². The lowest BCUT2D eigenvalue weighted by molar-refractivity contribution is -0.118. The quantitative estimate of drug-likeness (QED) is 0.747. The highest BCUT2D eigenvalue weighted by Gasteiger charge is 2.14. The molecule has 0 aliphatic carbocycles. The summed E-state index contributed by atoms with van der Waals surface area (Å²) in [5.41, 5.74) is 1.28. The Morgan fingerprint density at radius 3 is 2.73 bits per heavy atom. The van der Waals surface area contributed by atoms with E-state index in [0.717, 1.165) is 31.2 Å². The molecule has 1 fully saturated rings. The summed E-state index contributed by atoms with van der Waals surface area (Å²) in [5.74, 6) is 2.50. The minimum atomic E-state index is 0.160. The van der Waals surface area contributed by atoms with Crippen molar-refractivity contribution in [1.29, 1.82) is 0 Å². The molecule has 1 amide bonds. The molecule has 1 aliphatic heterocycles. The molecule has 0 spiro atoms. The molecule has 1 N–H and O–H groups in total. The number of thioether (sulfide) groups is 1. The second-order valence-corrected chi connectivity index (χ2v) is 7.19. The Morgan fingerprint density at radius 2 is 2.00 bits per heavy atom. The first kappa shape index (κ1) is 17.4. The number of likely N-dealkylation sites (tertiary alicyclic amines) is 1. The first-order chi connectivity index (χ1) is 10.7. The van der Waals surface area contributed by atoms with Crippen molar-refractivity contribution in [3.05, 3.63) is 35.9 Å². The molecule has 0 radical (unpaired) electrons. The van der Waals surface area contributed by atoms with E-state index in [-0.39, 0.29) is 5.91 Å². The highest BCUT2D eigenvalue weighted by atomic mass is 32.2. The monoisotopic (exact) mass is 320 g/mol. The molecular formula is C18H28N2OS. The van der Waals surface area contributed by atoms with Gasteiger partial charge in [0.25, 0.3) is 0 Å². The average molecular weight is 321 g/mol. The molecule has 1 aromatic rings. The Bertz CT molecular complexity index is 430. The minimum Gasteiger partial charge on any atom is -0.355 e. The Balaban J connectivity index is 1.47. The molecule has 122 valence electrons. The van der Waals surface area contributed by atoms with Gasteiger partial charge in [0.05, 0.1) is 5.75 Å². The SMILES string of the molecule is CC1CCN(CCCNC(=O)CSCc2ccccc2)CC1. The van der Waals surface area contributed by atoms with Crippen LogP contribution in [0.25, 0.3) is 0 Å². The van der Waals surface area contributed by atoms with Crippen LogP contribution in [0.4, 0.5) is 0 Å². The number of nitrogens with one attached hydrogen (secondary N) is 1. The van der Waals surface area contributed by atoms with Crippen LogP contribution in [0.1, 0.15) is 31.7 Å². The first-order valence-electron chi connectivity index (χ1n) is 8.35. The predicted octanol–water partition coefficient (Wildman–Crippen LogP) is 3.16. The average Bonchev–Trinajstić information content (AvgIpc) is 2.54. The van der Waals surface area contributed by atoms with Gasteiger partial charge in [-0.25, -0.2) is 0 Å². The number of hydrogen-bond acceptors (Lipinski definition) is 3. The number of carbonyl (C=O) groups is 1. The molecule has 1 saturated heterocycles. The molecule has 0 saturated carbocycles. The van der Waals surface area contributed by atoms with Gasteiger partial charge >= 0.3 is 0 Å². The van der Waals surface area contributed by atoms with Crippen molar-refractivity contribution >= 4 is 17.7 Å². The Morgan fingerprint density at radius 1 is 1.27 bits per heavy atom. The molecule has 0 bridgehead atoms. The summed E-state index contributed by atoms with van der Waals surface area (Å²) in [7, 11) is 0. The van der Waals surface area contributed by atoms with E-state index in [2.05, 4.69) is 29.3 Å². The lowest BCUT2D eigenvalue weighted by atomic mass is 9.99. The van der Waals surface area contributed by atoms with Crippen LogP contribution in [0.15, 0.2) is 30.3 Å². The second-order valence-electron chi connectivity index (χ2n) is 6.21. The van der Waals surface area contributed by atoms with Crippen LogP contribution in [0.5, 0.6) is 0 Å². The van der Waals surface area contributed by atoms with Crippen molar-refractivity contribution in [2.75, 3.05) is 31.9 Å². The standard InChI is InChI=1S/C18H28N2OS/c1-16-8-12-20(13-9-16)11-5-10-19-18(21)15-22-14-17-6-3-2-4-7-17/h2-4,6-7,16H,5,8-15H2,1H3,(H,19,21). The summed E-state index contributed by atoms with van der Waals surface area (Å²) in [5, 5.41) is 3.03. The molecular weight excluding hydrogens is 292 g/mol. The number of nitrogens with zero attached hydrogens (tertiary/aromatic N) is 1. The van der Waals surface area contributed by atoms with Crippen molar-refractivity contribution in [2.24, 2.45) is 5.92 Å². The van der Waals surface area contributed by atoms with Gasteiger partial charge in [-0.15, -0.1) is 11.8 Å². The smallest absolute Gasteiger partial charge is 0.230 e. The van der Waals surface area contributed by atoms with Gasteiger partial charge in [-0.2, -0.15) is 0 Å². The summed E-state index contributed by atoms with van der Waals surface area (Å²) in [6, 6.07) is 10.3. The van der Waals surface area contributed by atoms with Gasteiger partial charge in [0, 0.05) is 12.3 Å². The van der Waals surface area contributed by atoms with E-state index in [4.69, 9.17) is 0 Å². The number of carbonyl (C=O) groups excluding carboxylic acids is 1. The Labute approximate surface area is 138 Å². The highest BCUT2D eigenvalue weighted by Crippen LogP contribution is 2.15. The topological polar surface area (TPSA) is 32.3 Å². The molecule has 4 heteroatoms. The lowest BCUT2D eigenvalue weighted by Crippen LogP contribution is -2.35. The molecule has 0 unspecified atom stereocenters. The number of rotatable bonds is 8. The van der Waals surface area contributed by atoms with E-state index in [1.807, 2.05) is 18.2 Å². The molecule has 22 heavy (non-hydrogen) atoms. The molecule has 3 nitrogen and oxygen atoms in total. The lowest BCUT2D eigenvalue weighted by Gasteiger charge is -2.30. The van der Waals surface area contributed by atoms with Crippen molar-refractivity contribution in [3.8, 4) is 0 Å². The zero-order chi connectivity index (χ0) is 15.6. The second kappa shape index (κ2) is 9.90. The van der Waals surface area contributed by atoms with E-state index in [9.17, 15) is 4.79 Å². The molecule has 1 aliphatic rings. The number of benzene rings is 1. The number of piperidine rings is 1. The van der Waals surface area contributed by atoms with E-state index in [0.29, 0.717) is 5.75 Å². The third kappa shape index (κ3) is 6.84. The van der Waals surface area contributed by atoms with Crippen molar-refractivity contribution in [1.82, 2.24) is 10.2 Å². The molecule has 1 heterocycles. The van der Waals surface area contributed by atoms with Crippen LogP contribution in [0.3, 0.4) is 0 Å². The summed E-state index contributed by atoms with van der Waals surface area (Å²) in [6.07, 6.45) is 3.70. The largest absolute Gasteiger partial charge is 0.355 e.